The van der Waals surface area contributed by atoms with Crippen LogP contribution in [0.5, 0.6) is 46.0 Å². The molecule has 0 amide bonds. The largest absolute Gasteiger partial charge is 2.00 e. The zero-order valence-electron chi connectivity index (χ0n) is 83.2. The molecule has 8 aromatic carbocycles. The molecular formula is C112H170CaO16P4. The standard InChI is InChI=1S/4C28H43O4P.Ca/c4*1-3-5-7-9-11-13-15-25-17-21-27(22-18-25)31-33(29,30)32-28-23-19-26(20-24-28)16-14-12-10-8-6-4-2;/h4*17-24H,3-16H2,1-2H3,(H,29,30);/q;;;;+2/p-2. The van der Waals surface area contributed by atoms with Crippen LogP contribution in [0.4, 0.5) is 0 Å². The fourth-order valence-corrected chi connectivity index (χ4v) is 19.0. The number of rotatable bonds is 72. The summed E-state index contributed by atoms with van der Waals surface area (Å²) < 4.78 is 91.1. The molecule has 0 bridgehead atoms. The Morgan fingerprint density at radius 2 is 0.271 bits per heavy atom. The first kappa shape index (κ1) is 119. The molecule has 2 N–H and O–H groups in total. The molecule has 16 nitrogen and oxygen atoms in total. The molecule has 0 heterocycles. The van der Waals surface area contributed by atoms with Crippen molar-refractivity contribution >= 4 is 69.0 Å². The Labute approximate surface area is 836 Å². The van der Waals surface area contributed by atoms with Gasteiger partial charge in [-0.3, -0.25) is 9.79 Å². The van der Waals surface area contributed by atoms with Crippen LogP contribution >= 0.6 is 31.3 Å². The maximum Gasteiger partial charge on any atom is 2.00 e. The molecule has 0 aliphatic heterocycles. The molecule has 133 heavy (non-hydrogen) atoms. The van der Waals surface area contributed by atoms with Crippen LogP contribution in [0, 0.1) is 0 Å². The average Bonchev–Trinajstić information content (AvgIpc) is 0.862. The van der Waals surface area contributed by atoms with Gasteiger partial charge >= 0.3 is 69.0 Å². The first-order valence-corrected chi connectivity index (χ1v) is 57.6. The molecule has 0 aliphatic rings. The molecular weight excluding hydrogens is 1770 g/mol. The molecule has 0 saturated carbocycles. The Bertz CT molecular complexity index is 3510. The molecule has 0 atom stereocenters. The monoisotopic (exact) mass is 1940 g/mol. The Kier molecular flexibility index (Phi) is 67.5. The van der Waals surface area contributed by atoms with Gasteiger partial charge in [0.2, 0.25) is 0 Å². The van der Waals surface area contributed by atoms with Crippen LogP contribution in [0.25, 0.3) is 0 Å². The Morgan fingerprint density at radius 1 is 0.173 bits per heavy atom. The molecule has 736 valence electrons. The van der Waals surface area contributed by atoms with Gasteiger partial charge in [-0.1, -0.05) is 409 Å². The van der Waals surface area contributed by atoms with E-state index in [0.29, 0.717) is 23.0 Å². The summed E-state index contributed by atoms with van der Waals surface area (Å²) in [5.74, 6) is 2.47. The third kappa shape index (κ3) is 61.3. The summed E-state index contributed by atoms with van der Waals surface area (Å²) in [5.41, 5.74) is 9.64. The van der Waals surface area contributed by atoms with E-state index in [-0.39, 0.29) is 60.7 Å². The van der Waals surface area contributed by atoms with E-state index in [1.54, 1.807) is 97.1 Å². The average molecular weight is 1940 g/mol. The van der Waals surface area contributed by atoms with Crippen molar-refractivity contribution in [2.75, 3.05) is 0 Å². The number of hydrogen-bond acceptors (Lipinski definition) is 14. The van der Waals surface area contributed by atoms with Crippen LogP contribution in [-0.2, 0) is 69.6 Å². The maximum atomic E-state index is 12.4. The van der Waals surface area contributed by atoms with Gasteiger partial charge in [0, 0.05) is 0 Å². The van der Waals surface area contributed by atoms with Gasteiger partial charge in [0.15, 0.2) is 0 Å². The van der Waals surface area contributed by atoms with Crippen molar-refractivity contribution < 1.29 is 74.0 Å². The van der Waals surface area contributed by atoms with Gasteiger partial charge in [-0.2, -0.15) is 0 Å². The zero-order chi connectivity index (χ0) is 95.1. The smallest absolute Gasteiger partial charge is 0.736 e. The minimum absolute atomic E-state index is 0. The third-order valence-electron chi connectivity index (χ3n) is 23.7. The van der Waals surface area contributed by atoms with E-state index >= 15 is 0 Å². The minimum atomic E-state index is -4.49. The summed E-state index contributed by atoms with van der Waals surface area (Å²) in [6.07, 6.45) is 68.8. The van der Waals surface area contributed by atoms with Crippen molar-refractivity contribution in [3.8, 4) is 46.0 Å². The van der Waals surface area contributed by atoms with Crippen LogP contribution < -0.4 is 46.0 Å². The van der Waals surface area contributed by atoms with Crippen LogP contribution in [0.3, 0.4) is 0 Å². The van der Waals surface area contributed by atoms with E-state index < -0.39 is 31.3 Å². The van der Waals surface area contributed by atoms with Gasteiger partial charge < -0.3 is 46.0 Å². The summed E-state index contributed by atoms with van der Waals surface area (Å²) in [6.45, 7) is 17.8. The third-order valence-corrected chi connectivity index (χ3v) is 27.2. The van der Waals surface area contributed by atoms with Gasteiger partial charge in [0.1, 0.15) is 46.0 Å². The normalized spacial score (nSPS) is 11.4. The second-order valence-electron chi connectivity index (χ2n) is 35.9. The molecule has 0 unspecified atom stereocenters. The number of unbranched alkanes of at least 4 members (excludes halogenated alkanes) is 40. The van der Waals surface area contributed by atoms with E-state index in [9.17, 15) is 37.8 Å². The number of aryl methyl sites for hydroxylation is 8. The predicted octanol–water partition coefficient (Wildman–Crippen LogP) is 34.6. The minimum Gasteiger partial charge on any atom is -0.736 e. The summed E-state index contributed by atoms with van der Waals surface area (Å²) in [4.78, 5) is 45.0. The van der Waals surface area contributed by atoms with Crippen LogP contribution in [0.2, 0.25) is 0 Å². The molecule has 0 radical (unpaired) electrons. The molecule has 21 heteroatoms. The van der Waals surface area contributed by atoms with Gasteiger partial charge in [-0.15, -0.1) is 0 Å². The van der Waals surface area contributed by atoms with Gasteiger partial charge in [-0.05, 0) is 244 Å². The molecule has 8 aromatic rings. The van der Waals surface area contributed by atoms with Crippen molar-refractivity contribution in [2.24, 2.45) is 0 Å². The van der Waals surface area contributed by atoms with Crippen molar-refractivity contribution in [1.29, 1.82) is 0 Å². The maximum absolute atomic E-state index is 12.4. The van der Waals surface area contributed by atoms with Crippen LogP contribution in [-0.4, -0.2) is 47.5 Å². The Hall–Kier alpha value is -5.82. The first-order chi connectivity index (χ1) is 64.1. The van der Waals surface area contributed by atoms with Gasteiger partial charge in [0.05, 0.1) is 0 Å². The van der Waals surface area contributed by atoms with Crippen molar-refractivity contribution in [3.05, 3.63) is 239 Å². The summed E-state index contributed by atoms with van der Waals surface area (Å²) in [5, 5.41) is 0. The molecule has 0 aliphatic carbocycles. The van der Waals surface area contributed by atoms with Crippen LogP contribution in [0.1, 0.15) is 408 Å². The van der Waals surface area contributed by atoms with E-state index in [4.69, 9.17) is 36.2 Å². The molecule has 0 spiro atoms. The SMILES string of the molecule is CCCCCCCCc1ccc(OP(=O)(O)Oc2ccc(CCCCCCCC)cc2)cc1.CCCCCCCCc1ccc(OP(=O)(O)Oc2ccc(CCCCCCCC)cc2)cc1.CCCCCCCCc1ccc(OP(=O)([O-])Oc2ccc(CCCCCCCC)cc2)cc1.CCCCCCCCc1ccc(OP(=O)([O-])Oc2ccc(CCCCCCCC)cc2)cc1.[Ca+2]. The second-order valence-corrected chi connectivity index (χ2v) is 41.0. The quantitative estimate of drug-likeness (QED) is 0.0205. The van der Waals surface area contributed by atoms with E-state index in [1.165, 1.54) is 327 Å². The fourth-order valence-electron chi connectivity index (χ4n) is 15.7. The summed E-state index contributed by atoms with van der Waals surface area (Å²) in [7, 11) is -17.5. The van der Waals surface area contributed by atoms with Gasteiger partial charge in [-0.25, -0.2) is 18.3 Å². The van der Waals surface area contributed by atoms with Crippen molar-refractivity contribution in [3.63, 3.8) is 0 Å². The molecule has 0 fully saturated rings. The molecule has 8 rings (SSSR count). The number of hydrogen-bond donors (Lipinski definition) is 2. The van der Waals surface area contributed by atoms with Gasteiger partial charge in [0.25, 0.3) is 0 Å². The number of phosphoric ester groups is 4. The topological polar surface area (TPSA) is 229 Å². The van der Waals surface area contributed by atoms with E-state index in [2.05, 4.69) is 55.4 Å². The van der Waals surface area contributed by atoms with E-state index in [0.717, 1.165) is 77.0 Å². The second kappa shape index (κ2) is 75.2. The van der Waals surface area contributed by atoms with Crippen molar-refractivity contribution in [2.45, 2.75) is 415 Å². The number of phosphoric acid groups is 4. The zero-order valence-corrected chi connectivity index (χ0v) is 89.0. The summed E-state index contributed by atoms with van der Waals surface area (Å²) in [6, 6.07) is 58.6. The van der Waals surface area contributed by atoms with Crippen molar-refractivity contribution in [1.82, 2.24) is 0 Å². The fraction of sp³-hybridized carbons (Fsp3) is 0.571. The Balaban J connectivity index is 0.000000370. The Morgan fingerprint density at radius 3 is 0.383 bits per heavy atom. The number of benzene rings is 8. The van der Waals surface area contributed by atoms with E-state index in [1.807, 2.05) is 97.1 Å². The molecule has 0 aromatic heterocycles. The molecule has 0 saturated heterocycles. The predicted molar refractivity (Wildman–Crippen MR) is 554 cm³/mol. The summed E-state index contributed by atoms with van der Waals surface area (Å²) >= 11 is 0. The van der Waals surface area contributed by atoms with Crippen LogP contribution in [0.15, 0.2) is 194 Å². The first-order valence-electron chi connectivity index (χ1n) is 51.6.